The van der Waals surface area contributed by atoms with Crippen molar-refractivity contribution in [1.82, 2.24) is 10.2 Å². The number of amides is 2. The van der Waals surface area contributed by atoms with Gasteiger partial charge in [0.05, 0.1) is 12.7 Å². The number of methoxy groups -OCH3 is 1. The van der Waals surface area contributed by atoms with Crippen LogP contribution in [0.4, 0.5) is 4.39 Å². The van der Waals surface area contributed by atoms with E-state index in [0.717, 1.165) is 0 Å². The molecule has 0 aromatic heterocycles. The first-order chi connectivity index (χ1) is 13.5. The number of nitrogens with zero attached hydrogens (tertiary/aromatic N) is 1. The van der Waals surface area contributed by atoms with Crippen LogP contribution >= 0.6 is 11.6 Å². The van der Waals surface area contributed by atoms with Gasteiger partial charge in [0, 0.05) is 30.6 Å². The molecule has 0 atom stereocenters. The highest BCUT2D eigenvalue weighted by Crippen LogP contribution is 2.26. The molecule has 28 heavy (non-hydrogen) atoms. The lowest BCUT2D eigenvalue weighted by Crippen LogP contribution is -2.43. The van der Waals surface area contributed by atoms with Crippen molar-refractivity contribution in [3.05, 3.63) is 64.4 Å². The number of nitrogens with one attached hydrogen (secondary N) is 1. The van der Waals surface area contributed by atoms with E-state index in [0.29, 0.717) is 47.8 Å². The summed E-state index contributed by atoms with van der Waals surface area (Å²) in [6, 6.07) is 11.1. The van der Waals surface area contributed by atoms with Crippen molar-refractivity contribution in [3.63, 3.8) is 0 Å². The quantitative estimate of drug-likeness (QED) is 0.827. The molecule has 1 aliphatic rings. The van der Waals surface area contributed by atoms with Crippen LogP contribution in [0.3, 0.4) is 0 Å². The van der Waals surface area contributed by atoms with Crippen LogP contribution in [-0.4, -0.2) is 36.9 Å². The van der Waals surface area contributed by atoms with E-state index < -0.39 is 0 Å². The molecule has 1 heterocycles. The van der Waals surface area contributed by atoms with Crippen molar-refractivity contribution in [3.8, 4) is 5.75 Å². The monoisotopic (exact) mass is 404 g/mol. The third-order valence-corrected chi connectivity index (χ3v) is 5.14. The molecule has 2 amide bonds. The number of piperidine rings is 1. The molecule has 0 saturated carbocycles. The zero-order chi connectivity index (χ0) is 20.1. The van der Waals surface area contributed by atoms with Gasteiger partial charge in [-0.25, -0.2) is 4.39 Å². The highest BCUT2D eigenvalue weighted by Gasteiger charge is 2.29. The molecule has 0 bridgehead atoms. The summed E-state index contributed by atoms with van der Waals surface area (Å²) in [5, 5.41) is 3.32. The maximum absolute atomic E-state index is 13.2. The highest BCUT2D eigenvalue weighted by atomic mass is 35.5. The number of benzene rings is 2. The van der Waals surface area contributed by atoms with Gasteiger partial charge in [-0.2, -0.15) is 0 Å². The Morgan fingerprint density at radius 1 is 1.21 bits per heavy atom. The minimum atomic E-state index is -0.324. The van der Waals surface area contributed by atoms with E-state index in [1.807, 2.05) is 0 Å². The Morgan fingerprint density at radius 3 is 2.64 bits per heavy atom. The van der Waals surface area contributed by atoms with Crippen LogP contribution in [0.25, 0.3) is 0 Å². The largest absolute Gasteiger partial charge is 0.496 e. The van der Waals surface area contributed by atoms with Gasteiger partial charge in [-0.05, 0) is 48.7 Å². The predicted molar refractivity (Wildman–Crippen MR) is 105 cm³/mol. The fourth-order valence-electron chi connectivity index (χ4n) is 3.34. The van der Waals surface area contributed by atoms with Gasteiger partial charge >= 0.3 is 0 Å². The Kier molecular flexibility index (Phi) is 6.52. The maximum atomic E-state index is 13.2. The number of ether oxygens (including phenoxy) is 1. The van der Waals surface area contributed by atoms with Crippen LogP contribution in [0.2, 0.25) is 5.02 Å². The number of likely N-dealkylation sites (tertiary alicyclic amines) is 1. The Balaban J connectivity index is 1.54. The van der Waals surface area contributed by atoms with E-state index in [4.69, 9.17) is 16.3 Å². The molecule has 0 unspecified atom stereocenters. The lowest BCUT2D eigenvalue weighted by atomic mass is 9.95. The zero-order valence-electron chi connectivity index (χ0n) is 15.6. The minimum absolute atomic E-state index is 0.0725. The Morgan fingerprint density at radius 2 is 1.96 bits per heavy atom. The molecule has 2 aromatic carbocycles. The van der Waals surface area contributed by atoms with Crippen LogP contribution in [0.5, 0.6) is 5.75 Å². The van der Waals surface area contributed by atoms with Crippen LogP contribution in [0.15, 0.2) is 42.5 Å². The lowest BCUT2D eigenvalue weighted by Gasteiger charge is -2.31. The molecule has 0 aliphatic carbocycles. The average Bonchev–Trinajstić information content (AvgIpc) is 2.71. The highest BCUT2D eigenvalue weighted by molar-refractivity contribution is 6.31. The van der Waals surface area contributed by atoms with E-state index >= 15 is 0 Å². The van der Waals surface area contributed by atoms with Crippen LogP contribution < -0.4 is 10.1 Å². The van der Waals surface area contributed by atoms with Crippen molar-refractivity contribution in [2.75, 3.05) is 20.2 Å². The van der Waals surface area contributed by atoms with Gasteiger partial charge < -0.3 is 15.0 Å². The number of carbonyl (C=O) groups is 2. The van der Waals surface area contributed by atoms with Crippen LogP contribution in [0.1, 0.15) is 28.8 Å². The summed E-state index contributed by atoms with van der Waals surface area (Å²) in [6.07, 6.45) is 1.15. The number of hydrogen-bond donors (Lipinski definition) is 1. The van der Waals surface area contributed by atoms with E-state index in [1.54, 1.807) is 35.2 Å². The second kappa shape index (κ2) is 9.06. The second-order valence-electron chi connectivity index (χ2n) is 6.76. The summed E-state index contributed by atoms with van der Waals surface area (Å²) in [6.45, 7) is 1.24. The first kappa shape index (κ1) is 20.1. The van der Waals surface area contributed by atoms with E-state index in [1.165, 1.54) is 19.2 Å². The molecule has 7 heteroatoms. The SMILES string of the molecule is COc1ccc(Cl)cc1C(=O)N1CCC(C(=O)NCc2cccc(F)c2)CC1. The molecule has 2 aromatic rings. The molecule has 1 N–H and O–H groups in total. The van der Waals surface area contributed by atoms with Gasteiger partial charge in [0.1, 0.15) is 11.6 Å². The Bertz CT molecular complexity index is 866. The summed E-state index contributed by atoms with van der Waals surface area (Å²) in [7, 11) is 1.51. The van der Waals surface area contributed by atoms with Gasteiger partial charge in [0.15, 0.2) is 0 Å². The third-order valence-electron chi connectivity index (χ3n) is 4.90. The van der Waals surface area contributed by atoms with Crippen molar-refractivity contribution < 1.29 is 18.7 Å². The van der Waals surface area contributed by atoms with Crippen molar-refractivity contribution in [2.24, 2.45) is 5.92 Å². The smallest absolute Gasteiger partial charge is 0.257 e. The summed E-state index contributed by atoms with van der Waals surface area (Å²) >= 11 is 6.01. The summed E-state index contributed by atoms with van der Waals surface area (Å²) in [5.41, 5.74) is 1.14. The molecular weight excluding hydrogens is 383 g/mol. The van der Waals surface area contributed by atoms with Crippen molar-refractivity contribution in [1.29, 1.82) is 0 Å². The van der Waals surface area contributed by atoms with Crippen molar-refractivity contribution in [2.45, 2.75) is 19.4 Å². The second-order valence-corrected chi connectivity index (χ2v) is 7.20. The average molecular weight is 405 g/mol. The summed E-state index contributed by atoms with van der Waals surface area (Å²) in [5.74, 6) is -0.243. The Labute approximate surface area is 168 Å². The molecule has 3 rings (SSSR count). The number of hydrogen-bond acceptors (Lipinski definition) is 3. The molecule has 1 aliphatic heterocycles. The summed E-state index contributed by atoms with van der Waals surface area (Å²) < 4.78 is 18.5. The standard InChI is InChI=1S/C21H22ClFN2O3/c1-28-19-6-5-16(22)12-18(19)21(27)25-9-7-15(8-10-25)20(26)24-13-14-3-2-4-17(23)11-14/h2-6,11-12,15H,7-10,13H2,1H3,(H,24,26). The van der Waals surface area contributed by atoms with E-state index in [2.05, 4.69) is 5.32 Å². The predicted octanol–water partition coefficient (Wildman–Crippen LogP) is 3.66. The van der Waals surface area contributed by atoms with Crippen LogP contribution in [-0.2, 0) is 11.3 Å². The molecule has 1 saturated heterocycles. The lowest BCUT2D eigenvalue weighted by molar-refractivity contribution is -0.126. The minimum Gasteiger partial charge on any atom is -0.496 e. The molecule has 148 valence electrons. The number of rotatable bonds is 5. The molecule has 5 nitrogen and oxygen atoms in total. The number of carbonyl (C=O) groups excluding carboxylic acids is 2. The van der Waals surface area contributed by atoms with Crippen LogP contribution in [0, 0.1) is 11.7 Å². The number of halogens is 2. The van der Waals surface area contributed by atoms with Gasteiger partial charge in [0.25, 0.3) is 5.91 Å². The van der Waals surface area contributed by atoms with E-state index in [9.17, 15) is 14.0 Å². The normalized spacial score (nSPS) is 14.6. The fraction of sp³-hybridized carbons (Fsp3) is 0.333. The molecular formula is C21H22ClFN2O3. The maximum Gasteiger partial charge on any atom is 0.257 e. The summed E-state index contributed by atoms with van der Waals surface area (Å²) in [4.78, 5) is 26.9. The van der Waals surface area contributed by atoms with Gasteiger partial charge in [-0.3, -0.25) is 9.59 Å². The van der Waals surface area contributed by atoms with Gasteiger partial charge in [0.2, 0.25) is 5.91 Å². The van der Waals surface area contributed by atoms with Crippen molar-refractivity contribution >= 4 is 23.4 Å². The Hall–Kier alpha value is -2.60. The van der Waals surface area contributed by atoms with Gasteiger partial charge in [-0.15, -0.1) is 0 Å². The molecule has 0 spiro atoms. The fourth-order valence-corrected chi connectivity index (χ4v) is 3.51. The van der Waals surface area contributed by atoms with E-state index in [-0.39, 0.29) is 30.1 Å². The zero-order valence-corrected chi connectivity index (χ0v) is 16.3. The van der Waals surface area contributed by atoms with Gasteiger partial charge in [-0.1, -0.05) is 23.7 Å². The first-order valence-corrected chi connectivity index (χ1v) is 9.50. The molecule has 0 radical (unpaired) electrons. The first-order valence-electron chi connectivity index (χ1n) is 9.13. The molecule has 1 fully saturated rings. The topological polar surface area (TPSA) is 58.6 Å². The third kappa shape index (κ3) is 4.81.